The predicted molar refractivity (Wildman–Crippen MR) is 93.4 cm³/mol. The minimum absolute atomic E-state index is 0.00282. The van der Waals surface area contributed by atoms with Gasteiger partial charge in [-0.2, -0.15) is 0 Å². The van der Waals surface area contributed by atoms with E-state index in [-0.39, 0.29) is 23.0 Å². The normalized spacial score (nSPS) is 20.4. The minimum Gasteiger partial charge on any atom is -0.459 e. The number of nitrogens with one attached hydrogen (secondary N) is 1. The summed E-state index contributed by atoms with van der Waals surface area (Å²) in [6.07, 6.45) is 2.37. The Kier molecular flexibility index (Phi) is 4.47. The van der Waals surface area contributed by atoms with E-state index >= 15 is 0 Å². The Balaban J connectivity index is 1.72. The van der Waals surface area contributed by atoms with Crippen molar-refractivity contribution in [3.8, 4) is 0 Å². The van der Waals surface area contributed by atoms with Crippen LogP contribution in [0.3, 0.4) is 0 Å². The Morgan fingerprint density at radius 2 is 2.29 bits per heavy atom. The van der Waals surface area contributed by atoms with Crippen molar-refractivity contribution in [3.63, 3.8) is 0 Å². The molecule has 0 bridgehead atoms. The van der Waals surface area contributed by atoms with Crippen molar-refractivity contribution in [2.45, 2.75) is 20.3 Å². The first-order chi connectivity index (χ1) is 11.4. The average molecular weight is 347 g/mol. The Hall–Kier alpha value is -2.12. The summed E-state index contributed by atoms with van der Waals surface area (Å²) < 4.78 is 5.07. The van der Waals surface area contributed by atoms with Crippen LogP contribution in [0.2, 0.25) is 0 Å². The predicted octanol–water partition coefficient (Wildman–Crippen LogP) is 2.71. The number of carbonyl (C=O) groups excluding carboxylic acids is 2. The Bertz CT molecular complexity index is 753. The maximum Gasteiger partial charge on any atom is 0.291 e. The second-order valence-electron chi connectivity index (χ2n) is 6.55. The van der Waals surface area contributed by atoms with Crippen LogP contribution in [-0.2, 0) is 0 Å². The second-order valence-corrected chi connectivity index (χ2v) is 7.60. The monoisotopic (exact) mass is 347 g/mol. The Labute approximate surface area is 144 Å². The van der Waals surface area contributed by atoms with E-state index in [9.17, 15) is 9.59 Å². The molecule has 0 radical (unpaired) electrons. The van der Waals surface area contributed by atoms with Crippen LogP contribution in [0.25, 0.3) is 0 Å². The number of thiophene rings is 1. The molecule has 1 unspecified atom stereocenters. The van der Waals surface area contributed by atoms with Gasteiger partial charge in [-0.3, -0.25) is 9.59 Å². The summed E-state index contributed by atoms with van der Waals surface area (Å²) in [6, 6.07) is 5.07. The van der Waals surface area contributed by atoms with E-state index in [1.807, 2.05) is 17.9 Å². The highest BCUT2D eigenvalue weighted by atomic mass is 32.1. The maximum atomic E-state index is 12.8. The summed E-state index contributed by atoms with van der Waals surface area (Å²) in [6.45, 7) is 5.96. The molecule has 3 heterocycles. The smallest absolute Gasteiger partial charge is 0.291 e. The van der Waals surface area contributed by atoms with Gasteiger partial charge in [0.15, 0.2) is 5.76 Å². The molecule has 1 aliphatic heterocycles. The molecule has 1 atom stereocenters. The molecule has 3 rings (SSSR count). The number of anilines is 1. The zero-order valence-electron chi connectivity index (χ0n) is 13.8. The van der Waals surface area contributed by atoms with E-state index in [0.29, 0.717) is 23.0 Å². The number of hydrogen-bond donors (Lipinski definition) is 2. The van der Waals surface area contributed by atoms with Gasteiger partial charge < -0.3 is 20.4 Å². The van der Waals surface area contributed by atoms with Gasteiger partial charge >= 0.3 is 0 Å². The van der Waals surface area contributed by atoms with Gasteiger partial charge in [-0.1, -0.05) is 6.92 Å². The molecule has 0 spiro atoms. The van der Waals surface area contributed by atoms with Crippen LogP contribution < -0.4 is 11.1 Å². The van der Waals surface area contributed by atoms with Gasteiger partial charge in [-0.05, 0) is 49.1 Å². The van der Waals surface area contributed by atoms with E-state index in [1.165, 1.54) is 17.6 Å². The molecule has 1 fully saturated rings. The molecule has 0 aromatic carbocycles. The zero-order chi connectivity index (χ0) is 17.3. The van der Waals surface area contributed by atoms with Crippen LogP contribution in [-0.4, -0.2) is 36.3 Å². The number of furan rings is 1. The topological polar surface area (TPSA) is 88.6 Å². The lowest BCUT2D eigenvalue weighted by atomic mass is 9.90. The third kappa shape index (κ3) is 3.22. The van der Waals surface area contributed by atoms with Gasteiger partial charge in [-0.15, -0.1) is 11.3 Å². The molecule has 6 nitrogen and oxygen atoms in total. The number of hydrogen-bond acceptors (Lipinski definition) is 5. The fourth-order valence-corrected chi connectivity index (χ4v) is 3.88. The summed E-state index contributed by atoms with van der Waals surface area (Å²) >= 11 is 1.29. The van der Waals surface area contributed by atoms with E-state index < -0.39 is 0 Å². The molecule has 2 aromatic rings. The maximum absolute atomic E-state index is 12.8. The highest BCUT2D eigenvalue weighted by molar-refractivity contribution is 7.18. The Morgan fingerprint density at radius 3 is 2.92 bits per heavy atom. The van der Waals surface area contributed by atoms with Gasteiger partial charge in [0.25, 0.3) is 11.8 Å². The van der Waals surface area contributed by atoms with E-state index in [0.717, 1.165) is 18.5 Å². The van der Waals surface area contributed by atoms with Crippen molar-refractivity contribution in [2.75, 3.05) is 25.0 Å². The lowest BCUT2D eigenvalue weighted by molar-refractivity contribution is 0.0781. The van der Waals surface area contributed by atoms with Crippen molar-refractivity contribution < 1.29 is 14.0 Å². The molecule has 128 valence electrons. The van der Waals surface area contributed by atoms with Crippen molar-refractivity contribution in [1.82, 2.24) is 4.90 Å². The summed E-state index contributed by atoms with van der Waals surface area (Å²) in [7, 11) is 0. The van der Waals surface area contributed by atoms with E-state index in [4.69, 9.17) is 10.2 Å². The van der Waals surface area contributed by atoms with Crippen molar-refractivity contribution >= 4 is 28.2 Å². The van der Waals surface area contributed by atoms with Crippen LogP contribution in [0.4, 0.5) is 5.00 Å². The first-order valence-electron chi connectivity index (χ1n) is 7.86. The van der Waals surface area contributed by atoms with Gasteiger partial charge in [0.1, 0.15) is 0 Å². The largest absolute Gasteiger partial charge is 0.459 e. The van der Waals surface area contributed by atoms with E-state index in [1.54, 1.807) is 12.1 Å². The Morgan fingerprint density at radius 1 is 1.50 bits per heavy atom. The van der Waals surface area contributed by atoms with Gasteiger partial charge in [0, 0.05) is 13.1 Å². The van der Waals surface area contributed by atoms with Gasteiger partial charge in [0.05, 0.1) is 16.1 Å². The lowest BCUT2D eigenvalue weighted by Gasteiger charge is -2.22. The zero-order valence-corrected chi connectivity index (χ0v) is 14.6. The number of nitrogens with two attached hydrogens (primary N) is 1. The van der Waals surface area contributed by atoms with Crippen molar-refractivity contribution in [1.29, 1.82) is 0 Å². The minimum atomic E-state index is -0.322. The van der Waals surface area contributed by atoms with E-state index in [2.05, 4.69) is 12.2 Å². The summed E-state index contributed by atoms with van der Waals surface area (Å²) in [5, 5.41) is 3.41. The average Bonchev–Trinajstić information content (AvgIpc) is 3.27. The fourth-order valence-electron chi connectivity index (χ4n) is 2.84. The molecule has 3 N–H and O–H groups in total. The highest BCUT2D eigenvalue weighted by Gasteiger charge is 2.36. The molecule has 24 heavy (non-hydrogen) atoms. The van der Waals surface area contributed by atoms with Gasteiger partial charge in [-0.25, -0.2) is 0 Å². The molecule has 7 heteroatoms. The SMILES string of the molecule is Cc1cc(NC(=O)c2ccco2)sc1C(=O)N1CCC(C)(CN)C1. The molecular formula is C17H21N3O3S. The third-order valence-corrected chi connectivity index (χ3v) is 5.57. The fraction of sp³-hybridized carbons (Fsp3) is 0.412. The highest BCUT2D eigenvalue weighted by Crippen LogP contribution is 2.33. The molecule has 2 aromatic heterocycles. The van der Waals surface area contributed by atoms with Gasteiger partial charge in [0.2, 0.25) is 0 Å². The van der Waals surface area contributed by atoms with Crippen LogP contribution in [0.15, 0.2) is 28.9 Å². The number of likely N-dealkylation sites (tertiary alicyclic amines) is 1. The lowest BCUT2D eigenvalue weighted by Crippen LogP contribution is -2.34. The number of carbonyl (C=O) groups is 2. The second kappa shape index (κ2) is 6.41. The summed E-state index contributed by atoms with van der Waals surface area (Å²) in [5.74, 6) is -0.0718. The van der Waals surface area contributed by atoms with Crippen LogP contribution in [0.1, 0.15) is 39.1 Å². The first-order valence-corrected chi connectivity index (χ1v) is 8.68. The molecular weight excluding hydrogens is 326 g/mol. The summed E-state index contributed by atoms with van der Waals surface area (Å²) in [5.41, 5.74) is 6.67. The molecule has 0 saturated carbocycles. The molecule has 1 aliphatic rings. The third-order valence-electron chi connectivity index (χ3n) is 4.43. The number of amides is 2. The quantitative estimate of drug-likeness (QED) is 0.890. The molecule has 1 saturated heterocycles. The number of aryl methyl sites for hydroxylation is 1. The van der Waals surface area contributed by atoms with Crippen molar-refractivity contribution in [3.05, 3.63) is 40.7 Å². The van der Waals surface area contributed by atoms with Crippen LogP contribution >= 0.6 is 11.3 Å². The number of nitrogens with zero attached hydrogens (tertiary/aromatic N) is 1. The molecule has 0 aliphatic carbocycles. The summed E-state index contributed by atoms with van der Waals surface area (Å²) in [4.78, 5) is 27.3. The van der Waals surface area contributed by atoms with Crippen LogP contribution in [0.5, 0.6) is 0 Å². The van der Waals surface area contributed by atoms with Crippen LogP contribution in [0, 0.1) is 12.3 Å². The molecule has 2 amide bonds. The standard InChI is InChI=1S/C17H21N3O3S/c1-11-8-13(19-15(21)12-4-3-7-23-12)24-14(11)16(22)20-6-5-17(2,9-18)10-20/h3-4,7-8H,5-6,9-10,18H2,1-2H3,(H,19,21). The first kappa shape index (κ1) is 16.7. The number of rotatable bonds is 4. The van der Waals surface area contributed by atoms with Crippen molar-refractivity contribution in [2.24, 2.45) is 11.1 Å².